The van der Waals surface area contributed by atoms with Crippen LogP contribution in [0.15, 0.2) is 24.3 Å². The molecule has 90 valence electrons. The largest absolute Gasteiger partial charge is 0.388 e. The van der Waals surface area contributed by atoms with E-state index in [4.69, 9.17) is 5.26 Å². The summed E-state index contributed by atoms with van der Waals surface area (Å²) in [6.07, 6.45) is 5.12. The van der Waals surface area contributed by atoms with Gasteiger partial charge < -0.3 is 10.4 Å². The maximum atomic E-state index is 10.4. The second kappa shape index (κ2) is 5.20. The number of anilines is 1. The Morgan fingerprint density at radius 3 is 2.65 bits per heavy atom. The first kappa shape index (κ1) is 11.9. The second-order valence-electron chi connectivity index (χ2n) is 4.80. The van der Waals surface area contributed by atoms with Gasteiger partial charge in [-0.3, -0.25) is 0 Å². The zero-order valence-electron chi connectivity index (χ0n) is 9.95. The van der Waals surface area contributed by atoms with Crippen LogP contribution in [0.1, 0.15) is 37.7 Å². The Bertz CT molecular complexity index is 416. The average Bonchev–Trinajstić information content (AvgIpc) is 2.38. The molecule has 2 N–H and O–H groups in total. The van der Waals surface area contributed by atoms with E-state index in [1.54, 1.807) is 6.07 Å². The monoisotopic (exact) mass is 230 g/mol. The summed E-state index contributed by atoms with van der Waals surface area (Å²) in [6, 6.07) is 9.56. The number of rotatable bonds is 3. The Labute approximate surface area is 102 Å². The van der Waals surface area contributed by atoms with Crippen molar-refractivity contribution in [1.29, 1.82) is 5.26 Å². The summed E-state index contributed by atoms with van der Waals surface area (Å²) in [6.45, 7) is 0.533. The fraction of sp³-hybridized carbons (Fsp3) is 0.500. The second-order valence-corrected chi connectivity index (χ2v) is 4.80. The molecular weight excluding hydrogens is 212 g/mol. The van der Waals surface area contributed by atoms with Gasteiger partial charge in [-0.2, -0.15) is 5.26 Å². The van der Waals surface area contributed by atoms with Gasteiger partial charge in [-0.25, -0.2) is 0 Å². The first-order valence-corrected chi connectivity index (χ1v) is 6.19. The van der Waals surface area contributed by atoms with Gasteiger partial charge in [0.15, 0.2) is 0 Å². The molecule has 1 saturated carbocycles. The lowest BCUT2D eigenvalue weighted by atomic mass is 9.85. The van der Waals surface area contributed by atoms with E-state index in [0.29, 0.717) is 12.1 Å². The number of hydrogen-bond acceptors (Lipinski definition) is 3. The summed E-state index contributed by atoms with van der Waals surface area (Å²) in [5.74, 6) is 0. The van der Waals surface area contributed by atoms with Gasteiger partial charge in [0.1, 0.15) is 6.07 Å². The molecule has 0 unspecified atom stereocenters. The zero-order chi connectivity index (χ0) is 12.1. The van der Waals surface area contributed by atoms with E-state index in [2.05, 4.69) is 11.4 Å². The van der Waals surface area contributed by atoms with Crippen LogP contribution < -0.4 is 5.32 Å². The van der Waals surface area contributed by atoms with E-state index >= 15 is 0 Å². The molecule has 0 saturated heterocycles. The smallest absolute Gasteiger partial charge is 0.101 e. The normalized spacial score (nSPS) is 18.4. The SMILES string of the molecule is N#Cc1ccccc1NCC1(O)CCCCC1. The highest BCUT2D eigenvalue weighted by Crippen LogP contribution is 2.28. The lowest BCUT2D eigenvalue weighted by molar-refractivity contribution is 0.0167. The third-order valence-corrected chi connectivity index (χ3v) is 3.44. The molecule has 0 amide bonds. The Kier molecular flexibility index (Phi) is 3.65. The van der Waals surface area contributed by atoms with Crippen molar-refractivity contribution in [3.05, 3.63) is 29.8 Å². The number of hydrogen-bond donors (Lipinski definition) is 2. The van der Waals surface area contributed by atoms with Gasteiger partial charge in [-0.1, -0.05) is 31.4 Å². The van der Waals surface area contributed by atoms with Crippen molar-refractivity contribution in [3.8, 4) is 6.07 Å². The number of aliphatic hydroxyl groups is 1. The van der Waals surface area contributed by atoms with Gasteiger partial charge in [-0.05, 0) is 25.0 Å². The summed E-state index contributed by atoms with van der Waals surface area (Å²) < 4.78 is 0. The highest BCUT2D eigenvalue weighted by atomic mass is 16.3. The van der Waals surface area contributed by atoms with E-state index in [1.165, 1.54) is 6.42 Å². The van der Waals surface area contributed by atoms with Crippen LogP contribution >= 0.6 is 0 Å². The molecule has 3 heteroatoms. The van der Waals surface area contributed by atoms with Crippen LogP contribution in [0, 0.1) is 11.3 Å². The molecule has 3 nitrogen and oxygen atoms in total. The van der Waals surface area contributed by atoms with Crippen molar-refractivity contribution in [2.75, 3.05) is 11.9 Å². The van der Waals surface area contributed by atoms with E-state index in [0.717, 1.165) is 31.4 Å². The van der Waals surface area contributed by atoms with Crippen molar-refractivity contribution >= 4 is 5.69 Å². The van der Waals surface area contributed by atoms with Gasteiger partial charge >= 0.3 is 0 Å². The maximum Gasteiger partial charge on any atom is 0.101 e. The van der Waals surface area contributed by atoms with Crippen molar-refractivity contribution in [3.63, 3.8) is 0 Å². The lowest BCUT2D eigenvalue weighted by Crippen LogP contribution is -2.38. The van der Waals surface area contributed by atoms with Gasteiger partial charge in [-0.15, -0.1) is 0 Å². The lowest BCUT2D eigenvalue weighted by Gasteiger charge is -2.32. The third-order valence-electron chi connectivity index (χ3n) is 3.44. The Morgan fingerprint density at radius 1 is 1.24 bits per heavy atom. The summed E-state index contributed by atoms with van der Waals surface area (Å²) in [5, 5.41) is 22.5. The summed E-state index contributed by atoms with van der Waals surface area (Å²) in [5.41, 5.74) is 0.849. The Morgan fingerprint density at radius 2 is 1.94 bits per heavy atom. The molecule has 0 bridgehead atoms. The van der Waals surface area contributed by atoms with Crippen LogP contribution in [0.25, 0.3) is 0 Å². The molecule has 1 fully saturated rings. The molecule has 1 aliphatic rings. The van der Waals surface area contributed by atoms with Crippen molar-refractivity contribution in [2.45, 2.75) is 37.7 Å². The van der Waals surface area contributed by atoms with Crippen molar-refractivity contribution < 1.29 is 5.11 Å². The highest BCUT2D eigenvalue weighted by Gasteiger charge is 2.28. The fourth-order valence-electron chi connectivity index (χ4n) is 2.38. The van der Waals surface area contributed by atoms with E-state index in [9.17, 15) is 5.11 Å². The standard InChI is InChI=1S/C14H18N2O/c15-10-12-6-2-3-7-13(12)16-11-14(17)8-4-1-5-9-14/h2-3,6-7,16-17H,1,4-5,8-9,11H2. The van der Waals surface area contributed by atoms with Gasteiger partial charge in [0.2, 0.25) is 0 Å². The third kappa shape index (κ3) is 2.98. The molecular formula is C14H18N2O. The highest BCUT2D eigenvalue weighted by molar-refractivity contribution is 5.57. The van der Waals surface area contributed by atoms with Gasteiger partial charge in [0.05, 0.1) is 16.9 Å². The topological polar surface area (TPSA) is 56.0 Å². The summed E-state index contributed by atoms with van der Waals surface area (Å²) >= 11 is 0. The van der Waals surface area contributed by atoms with Crippen LogP contribution in [0.3, 0.4) is 0 Å². The Hall–Kier alpha value is -1.53. The van der Waals surface area contributed by atoms with Crippen LogP contribution in [0.5, 0.6) is 0 Å². The molecule has 1 aliphatic carbocycles. The molecule has 0 aromatic heterocycles. The molecule has 2 rings (SSSR count). The molecule has 0 aliphatic heterocycles. The molecule has 1 aromatic rings. The predicted octanol–water partition coefficient (Wildman–Crippen LogP) is 2.67. The number of nitriles is 1. The molecule has 0 radical (unpaired) electrons. The minimum absolute atomic E-state index is 0.533. The van der Waals surface area contributed by atoms with Crippen molar-refractivity contribution in [1.82, 2.24) is 0 Å². The molecule has 0 heterocycles. The van der Waals surface area contributed by atoms with Gasteiger partial charge in [0, 0.05) is 6.54 Å². The number of benzene rings is 1. The van der Waals surface area contributed by atoms with Crippen LogP contribution in [-0.2, 0) is 0 Å². The van der Waals surface area contributed by atoms with E-state index in [-0.39, 0.29) is 0 Å². The van der Waals surface area contributed by atoms with Crippen LogP contribution in [0.4, 0.5) is 5.69 Å². The quantitative estimate of drug-likeness (QED) is 0.839. The molecule has 0 spiro atoms. The first-order chi connectivity index (χ1) is 8.23. The molecule has 17 heavy (non-hydrogen) atoms. The number of nitrogens with one attached hydrogen (secondary N) is 1. The summed E-state index contributed by atoms with van der Waals surface area (Å²) in [7, 11) is 0. The maximum absolute atomic E-state index is 10.4. The minimum atomic E-state index is -0.596. The van der Waals surface area contributed by atoms with E-state index in [1.807, 2.05) is 18.2 Å². The fourth-order valence-corrected chi connectivity index (χ4v) is 2.38. The molecule has 0 atom stereocenters. The number of nitrogens with zero attached hydrogens (tertiary/aromatic N) is 1. The minimum Gasteiger partial charge on any atom is -0.388 e. The average molecular weight is 230 g/mol. The van der Waals surface area contributed by atoms with Gasteiger partial charge in [0.25, 0.3) is 0 Å². The first-order valence-electron chi connectivity index (χ1n) is 6.19. The zero-order valence-corrected chi connectivity index (χ0v) is 9.95. The number of para-hydroxylation sites is 1. The van der Waals surface area contributed by atoms with E-state index < -0.39 is 5.60 Å². The van der Waals surface area contributed by atoms with Crippen LogP contribution in [0.2, 0.25) is 0 Å². The predicted molar refractivity (Wildman–Crippen MR) is 67.7 cm³/mol. The van der Waals surface area contributed by atoms with Crippen molar-refractivity contribution in [2.24, 2.45) is 0 Å². The summed E-state index contributed by atoms with van der Waals surface area (Å²) in [4.78, 5) is 0. The Balaban J connectivity index is 2.00. The molecule has 1 aromatic carbocycles. The van der Waals surface area contributed by atoms with Crippen LogP contribution in [-0.4, -0.2) is 17.3 Å².